The Hall–Kier alpha value is -2.71. The third kappa shape index (κ3) is 3.79. The van der Waals surface area contributed by atoms with Crippen LogP contribution in [0.25, 0.3) is 10.6 Å². The van der Waals surface area contributed by atoms with Gasteiger partial charge in [0.25, 0.3) is 11.8 Å². The number of methoxy groups -OCH3 is 1. The smallest absolute Gasteiger partial charge is 0.273 e. The van der Waals surface area contributed by atoms with E-state index < -0.39 is 0 Å². The average molecular weight is 414 g/mol. The Kier molecular flexibility index (Phi) is 5.40. The molecule has 4 rings (SSSR count). The average Bonchev–Trinajstić information content (AvgIpc) is 3.45. The van der Waals surface area contributed by atoms with E-state index in [1.165, 1.54) is 11.3 Å². The number of nitrogens with zero attached hydrogens (tertiary/aromatic N) is 3. The van der Waals surface area contributed by atoms with Crippen molar-refractivity contribution >= 4 is 34.5 Å². The lowest BCUT2D eigenvalue weighted by atomic mass is 10.1. The summed E-state index contributed by atoms with van der Waals surface area (Å²) in [6.45, 7) is 2.04. The molecular weight excluding hydrogens is 394 g/mol. The first-order chi connectivity index (χ1) is 13.7. The number of hydrogen-bond donors (Lipinski definition) is 0. The van der Waals surface area contributed by atoms with Gasteiger partial charge in [0.1, 0.15) is 16.5 Å². The SMILES string of the molecule is COc1ccc(C(=O)N2CCN(C(=O)c3csc(-c4ccsc4)n3)CC2)cc1. The summed E-state index contributed by atoms with van der Waals surface area (Å²) < 4.78 is 5.13. The summed E-state index contributed by atoms with van der Waals surface area (Å²) >= 11 is 3.09. The molecule has 0 saturated carbocycles. The maximum atomic E-state index is 12.8. The lowest BCUT2D eigenvalue weighted by molar-refractivity contribution is 0.0533. The number of aromatic nitrogens is 1. The van der Waals surface area contributed by atoms with E-state index in [1.54, 1.807) is 52.5 Å². The molecule has 0 aliphatic carbocycles. The van der Waals surface area contributed by atoms with Gasteiger partial charge in [-0.2, -0.15) is 11.3 Å². The summed E-state index contributed by atoms with van der Waals surface area (Å²) in [6.07, 6.45) is 0. The van der Waals surface area contributed by atoms with Crippen LogP contribution in [0.4, 0.5) is 0 Å². The standard InChI is InChI=1S/C20H19N3O3S2/c1-26-16-4-2-14(3-5-16)19(24)22-7-9-23(10-8-22)20(25)17-13-28-18(21-17)15-6-11-27-12-15/h2-6,11-13H,7-10H2,1H3. The van der Waals surface area contributed by atoms with E-state index in [9.17, 15) is 9.59 Å². The molecule has 0 atom stereocenters. The fraction of sp³-hybridized carbons (Fsp3) is 0.250. The van der Waals surface area contributed by atoms with Crippen molar-refractivity contribution in [2.45, 2.75) is 0 Å². The number of thiophene rings is 1. The molecule has 1 saturated heterocycles. The van der Waals surface area contributed by atoms with Crippen molar-refractivity contribution in [1.29, 1.82) is 0 Å². The molecule has 2 amide bonds. The van der Waals surface area contributed by atoms with Gasteiger partial charge in [-0.25, -0.2) is 4.98 Å². The van der Waals surface area contributed by atoms with Crippen LogP contribution in [0.15, 0.2) is 46.5 Å². The zero-order chi connectivity index (χ0) is 19.5. The molecule has 1 aliphatic rings. The molecule has 0 bridgehead atoms. The second-order valence-electron chi connectivity index (χ2n) is 6.36. The minimum absolute atomic E-state index is 0.0249. The van der Waals surface area contributed by atoms with Gasteiger partial charge < -0.3 is 14.5 Å². The van der Waals surface area contributed by atoms with Gasteiger partial charge in [0.15, 0.2) is 0 Å². The molecule has 1 aromatic carbocycles. The van der Waals surface area contributed by atoms with Gasteiger partial charge in [-0.1, -0.05) is 0 Å². The van der Waals surface area contributed by atoms with Crippen LogP contribution in [0.1, 0.15) is 20.8 Å². The van der Waals surface area contributed by atoms with Gasteiger partial charge in [0, 0.05) is 48.1 Å². The van der Waals surface area contributed by atoms with E-state index in [1.807, 2.05) is 22.2 Å². The van der Waals surface area contributed by atoms with Gasteiger partial charge in [-0.15, -0.1) is 11.3 Å². The number of hydrogen-bond acceptors (Lipinski definition) is 6. The van der Waals surface area contributed by atoms with Crippen LogP contribution in [0.5, 0.6) is 5.75 Å². The van der Waals surface area contributed by atoms with E-state index in [-0.39, 0.29) is 11.8 Å². The first-order valence-electron chi connectivity index (χ1n) is 8.86. The maximum absolute atomic E-state index is 12.8. The van der Waals surface area contributed by atoms with Crippen LogP contribution in [-0.2, 0) is 0 Å². The van der Waals surface area contributed by atoms with Crippen molar-refractivity contribution in [2.75, 3.05) is 33.3 Å². The van der Waals surface area contributed by atoms with Gasteiger partial charge in [0.2, 0.25) is 0 Å². The number of benzene rings is 1. The lowest BCUT2D eigenvalue weighted by Crippen LogP contribution is -2.50. The Bertz CT molecular complexity index is 959. The molecule has 0 N–H and O–H groups in total. The maximum Gasteiger partial charge on any atom is 0.273 e. The Morgan fingerprint density at radius 3 is 2.25 bits per heavy atom. The highest BCUT2D eigenvalue weighted by Crippen LogP contribution is 2.26. The molecule has 3 heterocycles. The first-order valence-corrected chi connectivity index (χ1v) is 10.7. The lowest BCUT2D eigenvalue weighted by Gasteiger charge is -2.34. The second-order valence-corrected chi connectivity index (χ2v) is 8.00. The van der Waals surface area contributed by atoms with E-state index in [2.05, 4.69) is 4.98 Å². The fourth-order valence-electron chi connectivity index (χ4n) is 3.08. The third-order valence-electron chi connectivity index (χ3n) is 4.68. The summed E-state index contributed by atoms with van der Waals surface area (Å²) in [5.74, 6) is 0.620. The number of rotatable bonds is 4. The Morgan fingerprint density at radius 2 is 1.64 bits per heavy atom. The molecule has 8 heteroatoms. The number of piperazine rings is 1. The van der Waals surface area contributed by atoms with Crippen LogP contribution in [-0.4, -0.2) is 59.9 Å². The molecule has 144 valence electrons. The zero-order valence-corrected chi connectivity index (χ0v) is 17.0. The van der Waals surface area contributed by atoms with E-state index in [0.717, 1.165) is 16.3 Å². The number of thiazole rings is 1. The van der Waals surface area contributed by atoms with Crippen molar-refractivity contribution in [3.05, 3.63) is 57.7 Å². The van der Waals surface area contributed by atoms with Crippen molar-refractivity contribution in [2.24, 2.45) is 0 Å². The van der Waals surface area contributed by atoms with Crippen LogP contribution in [0.2, 0.25) is 0 Å². The van der Waals surface area contributed by atoms with E-state index >= 15 is 0 Å². The summed E-state index contributed by atoms with van der Waals surface area (Å²) in [5, 5.41) is 6.69. The van der Waals surface area contributed by atoms with Crippen LogP contribution in [0, 0.1) is 0 Å². The summed E-state index contributed by atoms with van der Waals surface area (Å²) in [4.78, 5) is 33.4. The third-order valence-corrected chi connectivity index (χ3v) is 6.26. The Morgan fingerprint density at radius 1 is 0.964 bits per heavy atom. The summed E-state index contributed by atoms with van der Waals surface area (Å²) in [6, 6.07) is 9.09. The summed E-state index contributed by atoms with van der Waals surface area (Å²) in [5.41, 5.74) is 2.14. The normalized spacial score (nSPS) is 14.2. The number of carbonyl (C=O) groups is 2. The van der Waals surface area contributed by atoms with Crippen molar-refractivity contribution < 1.29 is 14.3 Å². The quantitative estimate of drug-likeness (QED) is 0.657. The molecule has 2 aromatic heterocycles. The highest BCUT2D eigenvalue weighted by molar-refractivity contribution is 7.14. The Balaban J connectivity index is 1.37. The molecule has 0 radical (unpaired) electrons. The molecule has 3 aromatic rings. The van der Waals surface area contributed by atoms with Gasteiger partial charge in [0.05, 0.1) is 7.11 Å². The van der Waals surface area contributed by atoms with Crippen LogP contribution >= 0.6 is 22.7 Å². The van der Waals surface area contributed by atoms with Gasteiger partial charge in [-0.05, 0) is 35.7 Å². The number of ether oxygens (including phenoxy) is 1. The van der Waals surface area contributed by atoms with Crippen LogP contribution in [0.3, 0.4) is 0 Å². The Labute approximate surface area is 171 Å². The van der Waals surface area contributed by atoms with Crippen molar-refractivity contribution in [1.82, 2.24) is 14.8 Å². The van der Waals surface area contributed by atoms with Gasteiger partial charge >= 0.3 is 0 Å². The zero-order valence-electron chi connectivity index (χ0n) is 15.3. The number of amides is 2. The topological polar surface area (TPSA) is 62.7 Å². The van der Waals surface area contributed by atoms with Crippen molar-refractivity contribution in [3.8, 4) is 16.3 Å². The highest BCUT2D eigenvalue weighted by Gasteiger charge is 2.26. The predicted molar refractivity (Wildman–Crippen MR) is 110 cm³/mol. The minimum Gasteiger partial charge on any atom is -0.497 e. The molecule has 0 spiro atoms. The summed E-state index contributed by atoms with van der Waals surface area (Å²) in [7, 11) is 1.60. The van der Waals surface area contributed by atoms with Gasteiger partial charge in [-0.3, -0.25) is 9.59 Å². The molecule has 0 unspecified atom stereocenters. The molecular formula is C20H19N3O3S2. The predicted octanol–water partition coefficient (Wildman–Crippen LogP) is 3.48. The second kappa shape index (κ2) is 8.12. The highest BCUT2D eigenvalue weighted by atomic mass is 32.1. The fourth-order valence-corrected chi connectivity index (χ4v) is 4.59. The minimum atomic E-state index is -0.0747. The number of carbonyl (C=O) groups excluding carboxylic acids is 2. The van der Waals surface area contributed by atoms with Crippen LogP contribution < -0.4 is 4.74 Å². The van der Waals surface area contributed by atoms with E-state index in [0.29, 0.717) is 37.4 Å². The monoisotopic (exact) mass is 413 g/mol. The first kappa shape index (κ1) is 18.6. The molecule has 28 heavy (non-hydrogen) atoms. The van der Waals surface area contributed by atoms with E-state index in [4.69, 9.17) is 4.74 Å². The molecule has 1 aliphatic heterocycles. The molecule has 6 nitrogen and oxygen atoms in total. The molecule has 1 fully saturated rings. The van der Waals surface area contributed by atoms with Crippen molar-refractivity contribution in [3.63, 3.8) is 0 Å². The largest absolute Gasteiger partial charge is 0.497 e.